The van der Waals surface area contributed by atoms with E-state index in [0.29, 0.717) is 11.5 Å². The van der Waals surface area contributed by atoms with Gasteiger partial charge in [-0.3, -0.25) is 14.5 Å². The van der Waals surface area contributed by atoms with Crippen LogP contribution in [0.5, 0.6) is 0 Å². The zero-order valence-electron chi connectivity index (χ0n) is 10.00. The molecule has 1 atom stereocenters. The molecule has 1 amide bonds. The predicted octanol–water partition coefficient (Wildman–Crippen LogP) is 0.0998. The van der Waals surface area contributed by atoms with Crippen LogP contribution >= 0.6 is 0 Å². The Morgan fingerprint density at radius 1 is 1.61 bits per heavy atom. The first kappa shape index (κ1) is 12.5. The molecule has 2 heterocycles. The van der Waals surface area contributed by atoms with Gasteiger partial charge in [0.25, 0.3) is 0 Å². The predicted molar refractivity (Wildman–Crippen MR) is 62.6 cm³/mol. The molecule has 0 aliphatic carbocycles. The number of carbonyl (C=O) groups excluding carboxylic acids is 2. The molecule has 0 saturated carbocycles. The third-order valence-corrected chi connectivity index (χ3v) is 2.89. The number of rotatable bonds is 3. The summed E-state index contributed by atoms with van der Waals surface area (Å²) >= 11 is 0. The second-order valence-electron chi connectivity index (χ2n) is 4.07. The summed E-state index contributed by atoms with van der Waals surface area (Å²) in [5, 5.41) is 9.01. The van der Waals surface area contributed by atoms with Crippen molar-refractivity contribution in [2.24, 2.45) is 5.92 Å². The lowest BCUT2D eigenvalue weighted by atomic mass is 10.1. The van der Waals surface area contributed by atoms with Gasteiger partial charge < -0.3 is 9.84 Å². The third kappa shape index (κ3) is 2.33. The average Bonchev–Trinajstić information content (AvgIpc) is 2.80. The highest BCUT2D eigenvalue weighted by Gasteiger charge is 2.36. The molecule has 96 valence electrons. The van der Waals surface area contributed by atoms with E-state index in [1.54, 1.807) is 18.2 Å². The lowest BCUT2D eigenvalue weighted by molar-refractivity contribution is -0.145. The second-order valence-corrected chi connectivity index (χ2v) is 4.07. The zero-order chi connectivity index (χ0) is 13.1. The average molecular weight is 250 g/mol. The van der Waals surface area contributed by atoms with Crippen LogP contribution in [0.25, 0.3) is 0 Å². The van der Waals surface area contributed by atoms with Crippen LogP contribution in [0.2, 0.25) is 0 Å². The highest BCUT2D eigenvalue weighted by atomic mass is 16.5. The van der Waals surface area contributed by atoms with Crippen molar-refractivity contribution in [2.75, 3.05) is 18.6 Å². The SMILES string of the molecule is COC(=O)C1CC(=O)N(c2cccc(CO)n2)C1. The molecule has 6 nitrogen and oxygen atoms in total. The Bertz CT molecular complexity index is 475. The van der Waals surface area contributed by atoms with E-state index in [4.69, 9.17) is 5.11 Å². The molecule has 1 N–H and O–H groups in total. The van der Waals surface area contributed by atoms with Gasteiger partial charge >= 0.3 is 5.97 Å². The molecular formula is C12H14N2O4. The van der Waals surface area contributed by atoms with Gasteiger partial charge in [0.15, 0.2) is 0 Å². The Labute approximate surface area is 104 Å². The molecule has 1 aromatic rings. The number of esters is 1. The molecule has 6 heteroatoms. The molecule has 1 saturated heterocycles. The monoisotopic (exact) mass is 250 g/mol. The van der Waals surface area contributed by atoms with Crippen LogP contribution in [-0.4, -0.2) is 35.6 Å². The number of methoxy groups -OCH3 is 1. The number of amides is 1. The molecule has 0 aromatic carbocycles. The number of aliphatic hydroxyl groups is 1. The molecule has 1 aliphatic heterocycles. The van der Waals surface area contributed by atoms with Crippen molar-refractivity contribution in [3.8, 4) is 0 Å². The van der Waals surface area contributed by atoms with Crippen molar-refractivity contribution < 1.29 is 19.4 Å². The minimum Gasteiger partial charge on any atom is -0.469 e. The van der Waals surface area contributed by atoms with E-state index in [9.17, 15) is 9.59 Å². The Hall–Kier alpha value is -1.95. The van der Waals surface area contributed by atoms with Crippen LogP contribution in [0.15, 0.2) is 18.2 Å². The fourth-order valence-electron chi connectivity index (χ4n) is 1.96. The maximum absolute atomic E-state index is 11.8. The van der Waals surface area contributed by atoms with Gasteiger partial charge in [-0.05, 0) is 12.1 Å². The van der Waals surface area contributed by atoms with Crippen LogP contribution in [0.4, 0.5) is 5.82 Å². The normalized spacial score (nSPS) is 19.1. The quantitative estimate of drug-likeness (QED) is 0.770. The maximum Gasteiger partial charge on any atom is 0.311 e. The number of nitrogens with zero attached hydrogens (tertiary/aromatic N) is 2. The summed E-state index contributed by atoms with van der Waals surface area (Å²) in [6, 6.07) is 5.06. The third-order valence-electron chi connectivity index (χ3n) is 2.89. The van der Waals surface area contributed by atoms with Gasteiger partial charge in [-0.25, -0.2) is 4.98 Å². The van der Waals surface area contributed by atoms with Gasteiger partial charge in [0, 0.05) is 13.0 Å². The Kier molecular flexibility index (Phi) is 3.57. The standard InChI is InChI=1S/C12H14N2O4/c1-18-12(17)8-5-11(16)14(6-8)10-4-2-3-9(7-15)13-10/h2-4,8,15H,5-7H2,1H3. The van der Waals surface area contributed by atoms with Crippen LogP contribution in [0.3, 0.4) is 0 Å². The molecule has 1 fully saturated rings. The summed E-state index contributed by atoms with van der Waals surface area (Å²) in [5.41, 5.74) is 0.488. The van der Waals surface area contributed by atoms with Crippen molar-refractivity contribution in [3.63, 3.8) is 0 Å². The molecule has 0 spiro atoms. The molecule has 1 aromatic heterocycles. The van der Waals surface area contributed by atoms with E-state index < -0.39 is 5.92 Å². The molecule has 2 rings (SSSR count). The van der Waals surface area contributed by atoms with E-state index in [1.807, 2.05) is 0 Å². The first-order valence-corrected chi connectivity index (χ1v) is 5.60. The maximum atomic E-state index is 11.8. The summed E-state index contributed by atoms with van der Waals surface area (Å²) in [4.78, 5) is 28.8. The molecule has 18 heavy (non-hydrogen) atoms. The van der Waals surface area contributed by atoms with Gasteiger partial charge in [0.1, 0.15) is 5.82 Å². The number of aliphatic hydroxyl groups excluding tert-OH is 1. The largest absolute Gasteiger partial charge is 0.469 e. The number of aromatic nitrogens is 1. The summed E-state index contributed by atoms with van der Waals surface area (Å²) in [7, 11) is 1.31. The Morgan fingerprint density at radius 3 is 3.06 bits per heavy atom. The number of ether oxygens (including phenoxy) is 1. The van der Waals surface area contributed by atoms with Crippen LogP contribution in [0, 0.1) is 5.92 Å². The fraction of sp³-hybridized carbons (Fsp3) is 0.417. The number of hydrogen-bond acceptors (Lipinski definition) is 5. The smallest absolute Gasteiger partial charge is 0.311 e. The summed E-state index contributed by atoms with van der Waals surface area (Å²) in [6.45, 7) is 0.0870. The molecular weight excluding hydrogens is 236 g/mol. The molecule has 0 bridgehead atoms. The van der Waals surface area contributed by atoms with Crippen molar-refractivity contribution in [3.05, 3.63) is 23.9 Å². The first-order valence-electron chi connectivity index (χ1n) is 5.60. The zero-order valence-corrected chi connectivity index (χ0v) is 10.00. The van der Waals surface area contributed by atoms with E-state index in [2.05, 4.69) is 9.72 Å². The topological polar surface area (TPSA) is 79.7 Å². The summed E-state index contributed by atoms with van der Waals surface area (Å²) in [6.07, 6.45) is 0.137. The highest BCUT2D eigenvalue weighted by Crippen LogP contribution is 2.24. The van der Waals surface area contributed by atoms with Gasteiger partial charge in [0.2, 0.25) is 5.91 Å². The van der Waals surface area contributed by atoms with Crippen LogP contribution in [0.1, 0.15) is 12.1 Å². The highest BCUT2D eigenvalue weighted by molar-refractivity contribution is 5.98. The van der Waals surface area contributed by atoms with Crippen molar-refractivity contribution in [2.45, 2.75) is 13.0 Å². The second kappa shape index (κ2) is 5.14. The Balaban J connectivity index is 2.18. The lowest BCUT2D eigenvalue weighted by Crippen LogP contribution is -2.27. The van der Waals surface area contributed by atoms with E-state index >= 15 is 0 Å². The number of carbonyl (C=O) groups is 2. The fourth-order valence-corrected chi connectivity index (χ4v) is 1.96. The van der Waals surface area contributed by atoms with Crippen molar-refractivity contribution in [1.29, 1.82) is 0 Å². The number of anilines is 1. The summed E-state index contributed by atoms with van der Waals surface area (Å²) in [5.74, 6) is -0.530. The van der Waals surface area contributed by atoms with Crippen LogP contribution in [-0.2, 0) is 20.9 Å². The van der Waals surface area contributed by atoms with Crippen molar-refractivity contribution >= 4 is 17.7 Å². The van der Waals surface area contributed by atoms with E-state index in [0.717, 1.165) is 0 Å². The number of hydrogen-bond donors (Lipinski definition) is 1. The Morgan fingerprint density at radius 2 is 2.39 bits per heavy atom. The minimum absolute atomic E-state index is 0.137. The molecule has 1 aliphatic rings. The van der Waals surface area contributed by atoms with Gasteiger partial charge in [-0.2, -0.15) is 0 Å². The summed E-state index contributed by atoms with van der Waals surface area (Å²) < 4.78 is 4.63. The molecule has 1 unspecified atom stereocenters. The number of pyridine rings is 1. The van der Waals surface area contributed by atoms with E-state index in [1.165, 1.54) is 12.0 Å². The molecule has 0 radical (unpaired) electrons. The van der Waals surface area contributed by atoms with Gasteiger partial charge in [-0.15, -0.1) is 0 Å². The van der Waals surface area contributed by atoms with Gasteiger partial charge in [0.05, 0.1) is 25.3 Å². The van der Waals surface area contributed by atoms with E-state index in [-0.39, 0.29) is 31.4 Å². The lowest BCUT2D eigenvalue weighted by Gasteiger charge is -2.15. The van der Waals surface area contributed by atoms with Crippen molar-refractivity contribution in [1.82, 2.24) is 4.98 Å². The van der Waals surface area contributed by atoms with Crippen LogP contribution < -0.4 is 4.90 Å². The van der Waals surface area contributed by atoms with Gasteiger partial charge in [-0.1, -0.05) is 6.07 Å². The minimum atomic E-state index is -0.443. The first-order chi connectivity index (χ1) is 8.65.